The van der Waals surface area contributed by atoms with Crippen LogP contribution in [0.1, 0.15) is 19.3 Å². The van der Waals surface area contributed by atoms with Gasteiger partial charge in [0.2, 0.25) is 0 Å². The van der Waals surface area contributed by atoms with Gasteiger partial charge < -0.3 is 5.11 Å². The van der Waals surface area contributed by atoms with Gasteiger partial charge in [-0.2, -0.15) is 12.7 Å². The predicted molar refractivity (Wildman–Crippen MR) is 81.0 cm³/mol. The molecule has 1 aliphatic heterocycles. The monoisotopic (exact) mass is 352 g/mol. The minimum Gasteiger partial charge on any atom is -0.480 e. The van der Waals surface area contributed by atoms with Crippen molar-refractivity contribution < 1.29 is 18.3 Å². The molecule has 0 aliphatic carbocycles. The Morgan fingerprint density at radius 3 is 2.62 bits per heavy atom. The van der Waals surface area contributed by atoms with Crippen LogP contribution in [-0.2, 0) is 15.0 Å². The average molecular weight is 353 g/mol. The molecular weight excluding hydrogens is 339 g/mol. The largest absolute Gasteiger partial charge is 0.480 e. The van der Waals surface area contributed by atoms with E-state index in [4.69, 9.17) is 28.3 Å². The highest BCUT2D eigenvalue weighted by Crippen LogP contribution is 2.27. The Morgan fingerprint density at radius 2 is 2.00 bits per heavy atom. The highest BCUT2D eigenvalue weighted by molar-refractivity contribution is 7.90. The summed E-state index contributed by atoms with van der Waals surface area (Å²) in [6.45, 7) is 0.174. The molecule has 9 heteroatoms. The molecule has 1 atom stereocenters. The first-order valence-corrected chi connectivity index (χ1v) is 8.48. The van der Waals surface area contributed by atoms with Crippen molar-refractivity contribution in [3.63, 3.8) is 0 Å². The smallest absolute Gasteiger partial charge is 0.322 e. The summed E-state index contributed by atoms with van der Waals surface area (Å²) in [5.41, 5.74) is 0.235. The summed E-state index contributed by atoms with van der Waals surface area (Å²) >= 11 is 11.6. The summed E-state index contributed by atoms with van der Waals surface area (Å²) in [7, 11) is -3.96. The first-order valence-electron chi connectivity index (χ1n) is 6.29. The number of carboxylic acid groups (broad SMARTS) is 1. The lowest BCUT2D eigenvalue weighted by atomic mass is 10.1. The van der Waals surface area contributed by atoms with Crippen LogP contribution >= 0.6 is 23.2 Å². The van der Waals surface area contributed by atoms with Crippen molar-refractivity contribution >= 4 is 45.1 Å². The molecule has 0 radical (unpaired) electrons. The fourth-order valence-electron chi connectivity index (χ4n) is 2.21. The van der Waals surface area contributed by atoms with Gasteiger partial charge in [0.05, 0.1) is 15.7 Å². The van der Waals surface area contributed by atoms with E-state index >= 15 is 0 Å². The van der Waals surface area contributed by atoms with Crippen molar-refractivity contribution in [3.05, 3.63) is 28.2 Å². The van der Waals surface area contributed by atoms with Crippen molar-refractivity contribution in [2.24, 2.45) is 0 Å². The van der Waals surface area contributed by atoms with E-state index in [2.05, 4.69) is 4.72 Å². The Labute approximate surface area is 132 Å². The van der Waals surface area contributed by atoms with Gasteiger partial charge in [-0.25, -0.2) is 0 Å². The molecule has 1 fully saturated rings. The van der Waals surface area contributed by atoms with Gasteiger partial charge >= 0.3 is 16.2 Å². The van der Waals surface area contributed by atoms with Crippen LogP contribution in [0.15, 0.2) is 18.2 Å². The number of nitrogens with one attached hydrogen (secondary N) is 1. The number of halogens is 2. The molecule has 0 aromatic heterocycles. The number of carbonyl (C=O) groups is 1. The highest BCUT2D eigenvalue weighted by atomic mass is 35.5. The molecule has 0 spiro atoms. The van der Waals surface area contributed by atoms with Gasteiger partial charge in [-0.1, -0.05) is 23.2 Å². The fraction of sp³-hybridized carbons (Fsp3) is 0.417. The Morgan fingerprint density at radius 1 is 1.29 bits per heavy atom. The number of benzene rings is 1. The molecule has 1 unspecified atom stereocenters. The first-order chi connectivity index (χ1) is 9.81. The Balaban J connectivity index is 2.23. The standard InChI is InChI=1S/C12H14Cl2N2O4S/c13-9-5-4-8(7-10(9)14)15-21(19,20)16-6-2-1-3-11(16)12(17)18/h4-5,7,11,15H,1-3,6H2,(H,17,18). The molecule has 21 heavy (non-hydrogen) atoms. The maximum Gasteiger partial charge on any atom is 0.322 e. The highest BCUT2D eigenvalue weighted by Gasteiger charge is 2.36. The van der Waals surface area contributed by atoms with Crippen molar-refractivity contribution in [1.82, 2.24) is 4.31 Å². The summed E-state index contributed by atoms with van der Waals surface area (Å²) in [4.78, 5) is 11.2. The molecule has 6 nitrogen and oxygen atoms in total. The lowest BCUT2D eigenvalue weighted by molar-refractivity contribution is -0.142. The SMILES string of the molecule is O=C(O)C1CCCCN1S(=O)(=O)Nc1ccc(Cl)c(Cl)c1. The fourth-order valence-corrected chi connectivity index (χ4v) is 3.95. The van der Waals surface area contributed by atoms with E-state index in [1.165, 1.54) is 18.2 Å². The molecule has 116 valence electrons. The Bertz CT molecular complexity index is 651. The quantitative estimate of drug-likeness (QED) is 0.871. The van der Waals surface area contributed by atoms with Crippen molar-refractivity contribution in [1.29, 1.82) is 0 Å². The van der Waals surface area contributed by atoms with Crippen LogP contribution in [0.3, 0.4) is 0 Å². The van der Waals surface area contributed by atoms with E-state index in [0.717, 1.165) is 4.31 Å². The number of piperidine rings is 1. The number of hydrogen-bond donors (Lipinski definition) is 2. The number of nitrogens with zero attached hydrogens (tertiary/aromatic N) is 1. The second-order valence-corrected chi connectivity index (χ2v) is 7.13. The van der Waals surface area contributed by atoms with Crippen LogP contribution in [0, 0.1) is 0 Å². The second-order valence-electron chi connectivity index (χ2n) is 4.70. The van der Waals surface area contributed by atoms with E-state index in [9.17, 15) is 13.2 Å². The predicted octanol–water partition coefficient (Wildman–Crippen LogP) is 2.59. The van der Waals surface area contributed by atoms with E-state index in [0.29, 0.717) is 24.3 Å². The maximum atomic E-state index is 12.3. The van der Waals surface area contributed by atoms with Crippen molar-refractivity contribution in [2.75, 3.05) is 11.3 Å². The normalized spacial score (nSPS) is 20.2. The summed E-state index contributed by atoms with van der Waals surface area (Å²) < 4.78 is 28.0. The molecule has 1 saturated heterocycles. The van der Waals surface area contributed by atoms with Crippen LogP contribution in [-0.4, -0.2) is 36.4 Å². The van der Waals surface area contributed by atoms with Gasteiger partial charge in [-0.05, 0) is 37.5 Å². The molecule has 1 aromatic carbocycles. The third kappa shape index (κ3) is 3.79. The third-order valence-electron chi connectivity index (χ3n) is 3.21. The molecule has 2 rings (SSSR count). The molecule has 2 N–H and O–H groups in total. The van der Waals surface area contributed by atoms with E-state index in [1.54, 1.807) is 0 Å². The van der Waals surface area contributed by atoms with E-state index < -0.39 is 22.2 Å². The Kier molecular flexibility index (Phi) is 4.98. The topological polar surface area (TPSA) is 86.7 Å². The van der Waals surface area contributed by atoms with Gasteiger partial charge in [0.1, 0.15) is 6.04 Å². The molecular formula is C12H14Cl2N2O4S. The van der Waals surface area contributed by atoms with Gasteiger partial charge in [-0.3, -0.25) is 9.52 Å². The van der Waals surface area contributed by atoms with Gasteiger partial charge in [0.25, 0.3) is 0 Å². The van der Waals surface area contributed by atoms with Crippen LogP contribution < -0.4 is 4.72 Å². The summed E-state index contributed by atoms with van der Waals surface area (Å²) in [6, 6.07) is 3.26. The van der Waals surface area contributed by atoms with Gasteiger partial charge in [-0.15, -0.1) is 0 Å². The summed E-state index contributed by atoms with van der Waals surface area (Å²) in [6.07, 6.45) is 1.62. The number of rotatable bonds is 4. The maximum absolute atomic E-state index is 12.3. The second kappa shape index (κ2) is 6.39. The minimum absolute atomic E-state index is 0.174. The van der Waals surface area contributed by atoms with Crippen LogP contribution in [0.2, 0.25) is 10.0 Å². The molecule has 0 bridgehead atoms. The van der Waals surface area contributed by atoms with Gasteiger partial charge in [0.15, 0.2) is 0 Å². The molecule has 1 aliphatic rings. The number of aliphatic carboxylic acids is 1. The van der Waals surface area contributed by atoms with Crippen LogP contribution in [0.4, 0.5) is 5.69 Å². The number of anilines is 1. The molecule has 1 heterocycles. The zero-order chi connectivity index (χ0) is 15.6. The third-order valence-corrected chi connectivity index (χ3v) is 5.50. The Hall–Kier alpha value is -1.02. The summed E-state index contributed by atoms with van der Waals surface area (Å²) in [5.74, 6) is -1.14. The minimum atomic E-state index is -3.96. The van der Waals surface area contributed by atoms with Crippen LogP contribution in [0.25, 0.3) is 0 Å². The number of hydrogen-bond acceptors (Lipinski definition) is 3. The average Bonchev–Trinajstić information content (AvgIpc) is 2.42. The molecule has 1 aromatic rings. The zero-order valence-corrected chi connectivity index (χ0v) is 13.2. The van der Waals surface area contributed by atoms with E-state index in [-0.39, 0.29) is 17.3 Å². The zero-order valence-electron chi connectivity index (χ0n) is 10.9. The van der Waals surface area contributed by atoms with Crippen molar-refractivity contribution in [2.45, 2.75) is 25.3 Å². The lowest BCUT2D eigenvalue weighted by Gasteiger charge is -2.31. The molecule has 0 saturated carbocycles. The summed E-state index contributed by atoms with van der Waals surface area (Å²) in [5, 5.41) is 9.67. The van der Waals surface area contributed by atoms with Crippen LogP contribution in [0.5, 0.6) is 0 Å². The van der Waals surface area contributed by atoms with Gasteiger partial charge in [0, 0.05) is 6.54 Å². The van der Waals surface area contributed by atoms with Crippen molar-refractivity contribution in [3.8, 4) is 0 Å². The lowest BCUT2D eigenvalue weighted by Crippen LogP contribution is -2.49. The first kappa shape index (κ1) is 16.4. The van der Waals surface area contributed by atoms with E-state index in [1.807, 2.05) is 0 Å². The molecule has 0 amide bonds. The number of carboxylic acids is 1.